The monoisotopic (exact) mass is 358 g/mol. The van der Waals surface area contributed by atoms with Gasteiger partial charge in [0.2, 0.25) is 0 Å². The van der Waals surface area contributed by atoms with E-state index in [1.165, 1.54) is 35.6 Å². The highest BCUT2D eigenvalue weighted by atomic mass is 32.1. The molecule has 4 rings (SSSR count). The number of hydrogen-bond donors (Lipinski definition) is 0. The molecule has 2 aromatic rings. The van der Waals surface area contributed by atoms with Gasteiger partial charge >= 0.3 is 7.12 Å². The van der Waals surface area contributed by atoms with Gasteiger partial charge in [-0.1, -0.05) is 6.07 Å². The molecular formula is C19H27BN2O2S. The van der Waals surface area contributed by atoms with Crippen LogP contribution in [0, 0.1) is 0 Å². The van der Waals surface area contributed by atoms with Crippen LogP contribution in [0.2, 0.25) is 0 Å². The first-order valence-electron chi connectivity index (χ1n) is 9.20. The summed E-state index contributed by atoms with van der Waals surface area (Å²) in [5, 5.41) is 1.29. The predicted molar refractivity (Wildman–Crippen MR) is 105 cm³/mol. The fourth-order valence-electron chi connectivity index (χ4n) is 3.51. The lowest BCUT2D eigenvalue weighted by Gasteiger charge is -2.32. The first-order valence-corrected chi connectivity index (χ1v) is 10.0. The fraction of sp³-hybridized carbons (Fsp3) is 0.632. The summed E-state index contributed by atoms with van der Waals surface area (Å²) in [7, 11) is 1.90. The van der Waals surface area contributed by atoms with E-state index in [2.05, 4.69) is 57.8 Å². The van der Waals surface area contributed by atoms with Crippen LogP contribution < -0.4 is 5.46 Å². The van der Waals surface area contributed by atoms with Gasteiger partial charge in [0.15, 0.2) is 0 Å². The summed E-state index contributed by atoms with van der Waals surface area (Å²) in [6.07, 6.45) is 2.42. The van der Waals surface area contributed by atoms with Crippen molar-refractivity contribution in [1.29, 1.82) is 0 Å². The maximum absolute atomic E-state index is 6.19. The second kappa shape index (κ2) is 6.05. The summed E-state index contributed by atoms with van der Waals surface area (Å²) >= 11 is 1.84. The topological polar surface area (TPSA) is 34.6 Å². The maximum atomic E-state index is 6.19. The van der Waals surface area contributed by atoms with Crippen molar-refractivity contribution in [3.8, 4) is 0 Å². The van der Waals surface area contributed by atoms with Crippen molar-refractivity contribution in [2.75, 3.05) is 20.1 Å². The normalized spacial score (nSPS) is 24.3. The summed E-state index contributed by atoms with van der Waals surface area (Å²) in [4.78, 5) is 7.31. The van der Waals surface area contributed by atoms with E-state index in [1.54, 1.807) is 0 Å². The van der Waals surface area contributed by atoms with E-state index in [0.29, 0.717) is 5.92 Å². The van der Waals surface area contributed by atoms with E-state index >= 15 is 0 Å². The van der Waals surface area contributed by atoms with Gasteiger partial charge in [0.05, 0.1) is 26.4 Å². The minimum Gasteiger partial charge on any atom is -0.399 e. The number of likely N-dealkylation sites (tertiary alicyclic amines) is 1. The average Bonchev–Trinajstić information content (AvgIpc) is 3.05. The molecule has 4 nitrogen and oxygen atoms in total. The molecule has 2 aliphatic heterocycles. The van der Waals surface area contributed by atoms with E-state index in [-0.39, 0.29) is 18.3 Å². The highest BCUT2D eigenvalue weighted by Crippen LogP contribution is 2.37. The Morgan fingerprint density at radius 2 is 1.76 bits per heavy atom. The zero-order valence-corrected chi connectivity index (χ0v) is 16.7. The van der Waals surface area contributed by atoms with Crippen molar-refractivity contribution in [3.63, 3.8) is 0 Å². The number of rotatable bonds is 2. The van der Waals surface area contributed by atoms with E-state index in [1.807, 2.05) is 11.3 Å². The molecule has 25 heavy (non-hydrogen) atoms. The summed E-state index contributed by atoms with van der Waals surface area (Å²) in [6, 6.07) is 6.42. The second-order valence-corrected chi connectivity index (χ2v) is 9.51. The molecule has 0 atom stereocenters. The third-order valence-corrected chi connectivity index (χ3v) is 7.20. The Morgan fingerprint density at radius 1 is 1.12 bits per heavy atom. The standard InChI is InChI=1S/C19H27BN2O2S/c1-18(2)19(3,4)24-20(23-18)14-6-7-15-16(12-14)25-17(21-15)13-8-10-22(5)11-9-13/h6-7,12-13H,8-11H2,1-5H3. The molecule has 3 heterocycles. The van der Waals surface area contributed by atoms with Crippen LogP contribution in [-0.4, -0.2) is 48.3 Å². The molecule has 0 spiro atoms. The first kappa shape index (κ1) is 17.5. The number of nitrogens with zero attached hydrogens (tertiary/aromatic N) is 2. The predicted octanol–water partition coefficient (Wildman–Crippen LogP) is 3.40. The molecule has 6 heteroatoms. The van der Waals surface area contributed by atoms with Crippen molar-refractivity contribution in [2.24, 2.45) is 0 Å². The van der Waals surface area contributed by atoms with E-state index in [9.17, 15) is 0 Å². The molecule has 0 bridgehead atoms. The minimum atomic E-state index is -0.306. The molecule has 2 fully saturated rings. The number of aromatic nitrogens is 1. The van der Waals surface area contributed by atoms with Crippen LogP contribution in [0.25, 0.3) is 10.2 Å². The zero-order chi connectivity index (χ0) is 17.8. The summed E-state index contributed by atoms with van der Waals surface area (Å²) in [5.74, 6) is 0.605. The minimum absolute atomic E-state index is 0.303. The first-order chi connectivity index (χ1) is 11.7. The molecular weight excluding hydrogens is 331 g/mol. The molecule has 0 saturated carbocycles. The molecule has 1 aromatic heterocycles. The lowest BCUT2D eigenvalue weighted by Crippen LogP contribution is -2.41. The van der Waals surface area contributed by atoms with Gasteiger partial charge in [0.25, 0.3) is 0 Å². The number of benzene rings is 1. The van der Waals surface area contributed by atoms with E-state index < -0.39 is 0 Å². The highest BCUT2D eigenvalue weighted by molar-refractivity contribution is 7.18. The Balaban J connectivity index is 1.59. The molecule has 134 valence electrons. The van der Waals surface area contributed by atoms with Crippen molar-refractivity contribution in [3.05, 3.63) is 23.2 Å². The summed E-state index contributed by atoms with van der Waals surface area (Å²) < 4.78 is 13.6. The number of fused-ring (bicyclic) bond motifs is 1. The van der Waals surface area contributed by atoms with Crippen LogP contribution in [0.3, 0.4) is 0 Å². The molecule has 0 radical (unpaired) electrons. The highest BCUT2D eigenvalue weighted by Gasteiger charge is 2.51. The largest absolute Gasteiger partial charge is 0.494 e. The van der Waals surface area contributed by atoms with Gasteiger partial charge in [-0.2, -0.15) is 0 Å². The van der Waals surface area contributed by atoms with Gasteiger partial charge in [0, 0.05) is 5.92 Å². The molecule has 2 aliphatic rings. The van der Waals surface area contributed by atoms with Crippen LogP contribution in [0.1, 0.15) is 51.5 Å². The summed E-state index contributed by atoms with van der Waals surface area (Å²) in [5.41, 5.74) is 1.57. The van der Waals surface area contributed by atoms with Crippen LogP contribution in [0.15, 0.2) is 18.2 Å². The Morgan fingerprint density at radius 3 is 2.40 bits per heavy atom. The summed E-state index contributed by atoms with van der Waals surface area (Å²) in [6.45, 7) is 10.7. The number of thiazole rings is 1. The smallest absolute Gasteiger partial charge is 0.399 e. The Labute approximate surface area is 154 Å². The fourth-order valence-corrected chi connectivity index (χ4v) is 4.70. The van der Waals surface area contributed by atoms with Gasteiger partial charge in [-0.05, 0) is 78.3 Å². The van der Waals surface area contributed by atoms with Crippen LogP contribution >= 0.6 is 11.3 Å². The lowest BCUT2D eigenvalue weighted by atomic mass is 9.79. The number of hydrogen-bond acceptors (Lipinski definition) is 5. The van der Waals surface area contributed by atoms with Crippen LogP contribution in [0.5, 0.6) is 0 Å². The van der Waals surface area contributed by atoms with Crippen molar-refractivity contribution >= 4 is 34.1 Å². The maximum Gasteiger partial charge on any atom is 0.494 e. The SMILES string of the molecule is CN1CCC(c2nc3ccc(B4OC(C)(C)C(C)(C)O4)cc3s2)CC1. The quantitative estimate of drug-likeness (QED) is 0.771. The Bertz CT molecular complexity index is 765. The number of piperidine rings is 1. The molecule has 0 aliphatic carbocycles. The van der Waals surface area contributed by atoms with Crippen molar-refractivity contribution in [2.45, 2.75) is 57.7 Å². The van der Waals surface area contributed by atoms with Crippen LogP contribution in [-0.2, 0) is 9.31 Å². The van der Waals surface area contributed by atoms with Crippen LogP contribution in [0.4, 0.5) is 0 Å². The van der Waals surface area contributed by atoms with Gasteiger partial charge in [-0.15, -0.1) is 11.3 Å². The van der Waals surface area contributed by atoms with E-state index in [4.69, 9.17) is 14.3 Å². The van der Waals surface area contributed by atoms with Crippen molar-refractivity contribution < 1.29 is 9.31 Å². The molecule has 1 aromatic carbocycles. The second-order valence-electron chi connectivity index (χ2n) is 8.45. The lowest BCUT2D eigenvalue weighted by molar-refractivity contribution is 0.00578. The zero-order valence-electron chi connectivity index (χ0n) is 15.8. The van der Waals surface area contributed by atoms with Crippen molar-refractivity contribution in [1.82, 2.24) is 9.88 Å². The van der Waals surface area contributed by atoms with Gasteiger partial charge < -0.3 is 14.2 Å². The third kappa shape index (κ3) is 3.14. The Hall–Kier alpha value is -0.945. The third-order valence-electron chi connectivity index (χ3n) is 6.02. The molecule has 0 N–H and O–H groups in total. The molecule has 0 amide bonds. The van der Waals surface area contributed by atoms with Gasteiger partial charge in [-0.25, -0.2) is 4.98 Å². The average molecular weight is 358 g/mol. The van der Waals surface area contributed by atoms with Gasteiger partial charge in [-0.3, -0.25) is 0 Å². The molecule has 2 saturated heterocycles. The van der Waals surface area contributed by atoms with Gasteiger partial charge in [0.1, 0.15) is 0 Å². The Kier molecular flexibility index (Phi) is 4.23. The van der Waals surface area contributed by atoms with E-state index in [0.717, 1.165) is 11.0 Å². The molecule has 0 unspecified atom stereocenters.